The molecule has 0 radical (unpaired) electrons. The molecule has 0 aliphatic heterocycles. The summed E-state index contributed by atoms with van der Waals surface area (Å²) in [5.41, 5.74) is 2.76. The van der Waals surface area contributed by atoms with E-state index in [0.717, 1.165) is 19.3 Å². The van der Waals surface area contributed by atoms with E-state index in [1.54, 1.807) is 5.57 Å². The molecular weight excluding hydrogens is 380 g/mol. The van der Waals surface area contributed by atoms with Crippen molar-refractivity contribution in [1.29, 1.82) is 0 Å². The van der Waals surface area contributed by atoms with Gasteiger partial charge in [0, 0.05) is 5.41 Å². The highest BCUT2D eigenvalue weighted by molar-refractivity contribution is 5.63. The van der Waals surface area contributed by atoms with E-state index in [1.807, 2.05) is 0 Å². The highest BCUT2D eigenvalue weighted by Crippen LogP contribution is 2.74. The molecule has 1 N–H and O–H groups in total. The van der Waals surface area contributed by atoms with Gasteiger partial charge in [-0.15, -0.1) is 0 Å². The lowest BCUT2D eigenvalue weighted by atomic mass is 9.34. The van der Waals surface area contributed by atoms with E-state index >= 15 is 0 Å². The number of aldehydes is 1. The summed E-state index contributed by atoms with van der Waals surface area (Å²) in [6, 6.07) is 0. The standard InChI is InChI=1S/C29H46O2/c1-19-20-9-12-28(6)24(26(20,4)11-10-23(19)31)8-7-21-22-17-25(2,3)13-15-29(22,18-30)16-14-27(21,28)5/h7,18-20,22-24,31H,8-17H2,1-6H3/t19?,20-,22?,23-,24?,26?,27+,28-,29?/m0/s1. The van der Waals surface area contributed by atoms with Gasteiger partial charge in [-0.1, -0.05) is 53.2 Å². The SMILES string of the molecule is CC1[C@@H](O)CCC2(C)C3CC=C4C5CC(C)(C)CCC5(C=O)CC[C@@]4(C)[C@@]3(C)CC[C@@H]12. The average Bonchev–Trinajstić information content (AvgIpc) is 2.71. The lowest BCUT2D eigenvalue weighted by Crippen LogP contribution is -2.63. The lowest BCUT2D eigenvalue weighted by Gasteiger charge is -2.70. The van der Waals surface area contributed by atoms with Crippen LogP contribution < -0.4 is 0 Å². The van der Waals surface area contributed by atoms with Crippen LogP contribution in [0.15, 0.2) is 11.6 Å². The van der Waals surface area contributed by atoms with Gasteiger partial charge in [-0.3, -0.25) is 0 Å². The normalized spacial score (nSPS) is 55.7. The number of fused-ring (bicyclic) bond motifs is 7. The quantitative estimate of drug-likeness (QED) is 0.363. The molecule has 0 spiro atoms. The van der Waals surface area contributed by atoms with Gasteiger partial charge >= 0.3 is 0 Å². The van der Waals surface area contributed by atoms with Crippen molar-refractivity contribution < 1.29 is 9.90 Å². The van der Waals surface area contributed by atoms with Crippen molar-refractivity contribution in [2.75, 3.05) is 0 Å². The Kier molecular flexibility index (Phi) is 4.80. The molecule has 0 bridgehead atoms. The second-order valence-electron chi connectivity index (χ2n) is 14.1. The van der Waals surface area contributed by atoms with E-state index in [4.69, 9.17) is 0 Å². The van der Waals surface area contributed by atoms with E-state index in [1.165, 1.54) is 51.2 Å². The van der Waals surface area contributed by atoms with Crippen LogP contribution in [0.3, 0.4) is 0 Å². The van der Waals surface area contributed by atoms with Crippen molar-refractivity contribution >= 4 is 6.29 Å². The summed E-state index contributed by atoms with van der Waals surface area (Å²) in [6.07, 6.45) is 15.5. The van der Waals surface area contributed by atoms with Gasteiger partial charge in [0.1, 0.15) is 6.29 Å². The van der Waals surface area contributed by atoms with E-state index in [-0.39, 0.29) is 16.9 Å². The molecule has 0 aromatic carbocycles. The van der Waals surface area contributed by atoms with Crippen LogP contribution in [0.2, 0.25) is 0 Å². The van der Waals surface area contributed by atoms with Gasteiger partial charge in [0.05, 0.1) is 6.10 Å². The first-order valence-corrected chi connectivity index (χ1v) is 13.3. The largest absolute Gasteiger partial charge is 0.393 e. The molecule has 5 aliphatic rings. The van der Waals surface area contributed by atoms with Crippen LogP contribution in [0.25, 0.3) is 0 Å². The summed E-state index contributed by atoms with van der Waals surface area (Å²) in [6.45, 7) is 14.9. The van der Waals surface area contributed by atoms with Gasteiger partial charge in [-0.05, 0) is 110 Å². The Morgan fingerprint density at radius 3 is 2.39 bits per heavy atom. The molecule has 2 heteroatoms. The molecule has 2 nitrogen and oxygen atoms in total. The van der Waals surface area contributed by atoms with Gasteiger partial charge in [0.2, 0.25) is 0 Å². The molecule has 5 rings (SSSR count). The van der Waals surface area contributed by atoms with Gasteiger partial charge in [0.15, 0.2) is 0 Å². The number of carbonyl (C=O) groups is 1. The van der Waals surface area contributed by atoms with Crippen LogP contribution in [-0.4, -0.2) is 17.5 Å². The van der Waals surface area contributed by atoms with Crippen molar-refractivity contribution in [2.24, 2.45) is 50.7 Å². The van der Waals surface area contributed by atoms with Crippen molar-refractivity contribution in [3.63, 3.8) is 0 Å². The number of allylic oxidation sites excluding steroid dienone is 2. The van der Waals surface area contributed by atoms with E-state index in [0.29, 0.717) is 39.9 Å². The molecular formula is C29H46O2. The summed E-state index contributed by atoms with van der Waals surface area (Å²) in [4.78, 5) is 12.5. The summed E-state index contributed by atoms with van der Waals surface area (Å²) < 4.78 is 0. The van der Waals surface area contributed by atoms with Crippen LogP contribution in [0.5, 0.6) is 0 Å². The monoisotopic (exact) mass is 426 g/mol. The van der Waals surface area contributed by atoms with Crippen LogP contribution in [0.1, 0.15) is 106 Å². The first-order chi connectivity index (χ1) is 14.4. The second kappa shape index (κ2) is 6.71. The van der Waals surface area contributed by atoms with Gasteiger partial charge in [0.25, 0.3) is 0 Å². The van der Waals surface area contributed by atoms with E-state index in [9.17, 15) is 9.90 Å². The number of aliphatic hydroxyl groups excluding tert-OH is 1. The maximum Gasteiger partial charge on any atom is 0.126 e. The molecule has 4 saturated carbocycles. The maximum absolute atomic E-state index is 12.5. The summed E-state index contributed by atoms with van der Waals surface area (Å²) in [5.74, 6) is 2.22. The third-order valence-electron chi connectivity index (χ3n) is 12.5. The highest BCUT2D eigenvalue weighted by atomic mass is 16.3. The number of hydrogen-bond acceptors (Lipinski definition) is 2. The molecule has 5 unspecified atom stereocenters. The topological polar surface area (TPSA) is 37.3 Å². The van der Waals surface area contributed by atoms with Crippen molar-refractivity contribution in [1.82, 2.24) is 0 Å². The Morgan fingerprint density at radius 1 is 0.968 bits per heavy atom. The lowest BCUT2D eigenvalue weighted by molar-refractivity contribution is -0.180. The molecule has 5 aliphatic carbocycles. The second-order valence-corrected chi connectivity index (χ2v) is 14.1. The Morgan fingerprint density at radius 2 is 1.68 bits per heavy atom. The Balaban J connectivity index is 1.58. The predicted molar refractivity (Wildman–Crippen MR) is 126 cm³/mol. The Hall–Kier alpha value is -0.630. The zero-order valence-corrected chi connectivity index (χ0v) is 21.0. The molecule has 9 atom stereocenters. The van der Waals surface area contributed by atoms with Crippen LogP contribution >= 0.6 is 0 Å². The molecule has 0 amide bonds. The fourth-order valence-electron chi connectivity index (χ4n) is 10.1. The minimum absolute atomic E-state index is 0.103. The molecule has 0 aromatic rings. The zero-order valence-electron chi connectivity index (χ0n) is 21.0. The first-order valence-electron chi connectivity index (χ1n) is 13.3. The van der Waals surface area contributed by atoms with Gasteiger partial charge in [-0.2, -0.15) is 0 Å². The molecule has 31 heavy (non-hydrogen) atoms. The van der Waals surface area contributed by atoms with Crippen LogP contribution in [0, 0.1) is 50.7 Å². The summed E-state index contributed by atoms with van der Waals surface area (Å²) >= 11 is 0. The van der Waals surface area contributed by atoms with Crippen molar-refractivity contribution in [3.8, 4) is 0 Å². The Labute approximate surface area is 190 Å². The summed E-state index contributed by atoms with van der Waals surface area (Å²) in [5, 5.41) is 10.6. The molecule has 0 saturated heterocycles. The van der Waals surface area contributed by atoms with Crippen molar-refractivity contribution in [2.45, 2.75) is 112 Å². The van der Waals surface area contributed by atoms with E-state index < -0.39 is 0 Å². The van der Waals surface area contributed by atoms with Crippen LogP contribution in [-0.2, 0) is 4.79 Å². The smallest absolute Gasteiger partial charge is 0.126 e. The number of hydrogen-bond donors (Lipinski definition) is 1. The van der Waals surface area contributed by atoms with Crippen molar-refractivity contribution in [3.05, 3.63) is 11.6 Å². The fourth-order valence-corrected chi connectivity index (χ4v) is 10.1. The first kappa shape index (κ1) is 22.2. The number of aliphatic hydroxyl groups is 1. The fraction of sp³-hybridized carbons (Fsp3) is 0.897. The van der Waals surface area contributed by atoms with Gasteiger partial charge in [-0.25, -0.2) is 0 Å². The third kappa shape index (κ3) is 2.75. The number of carbonyl (C=O) groups excluding carboxylic acids is 1. The number of rotatable bonds is 1. The zero-order chi connectivity index (χ0) is 22.4. The van der Waals surface area contributed by atoms with Crippen LogP contribution in [0.4, 0.5) is 0 Å². The maximum atomic E-state index is 12.5. The summed E-state index contributed by atoms with van der Waals surface area (Å²) in [7, 11) is 0. The molecule has 4 fully saturated rings. The molecule has 0 heterocycles. The van der Waals surface area contributed by atoms with Gasteiger partial charge < -0.3 is 9.90 Å². The molecule has 0 aromatic heterocycles. The third-order valence-corrected chi connectivity index (χ3v) is 12.5. The predicted octanol–water partition coefficient (Wildman–Crippen LogP) is 6.96. The minimum Gasteiger partial charge on any atom is -0.393 e. The average molecular weight is 427 g/mol. The Bertz CT molecular complexity index is 797. The molecule has 174 valence electrons. The highest BCUT2D eigenvalue weighted by Gasteiger charge is 2.67. The van der Waals surface area contributed by atoms with E-state index in [2.05, 4.69) is 47.6 Å². The minimum atomic E-state index is -0.111.